The lowest BCUT2D eigenvalue weighted by Gasteiger charge is -1.97. The van der Waals surface area contributed by atoms with Gasteiger partial charge in [-0.15, -0.1) is 11.3 Å². The number of azo groups is 1. The third kappa shape index (κ3) is 3.41. The van der Waals surface area contributed by atoms with E-state index in [1.165, 1.54) is 0 Å². The zero-order valence-electron chi connectivity index (χ0n) is 14.0. The topological polar surface area (TPSA) is 67.1 Å². The Kier molecular flexibility index (Phi) is 4.33. The smallest absolute Gasteiger partial charge is 0.124 e. The first-order chi connectivity index (χ1) is 12.7. The van der Waals surface area contributed by atoms with Crippen molar-refractivity contribution in [2.45, 2.75) is 0 Å². The Bertz CT molecular complexity index is 1070. The number of ether oxygens (including phenoxy) is 1. The number of methoxy groups -OCH3 is 1. The van der Waals surface area contributed by atoms with Gasteiger partial charge in [-0.2, -0.15) is 10.2 Å². The average Bonchev–Trinajstić information content (AvgIpc) is 3.11. The quantitative estimate of drug-likeness (QED) is 0.447. The zero-order valence-corrected chi connectivity index (χ0v) is 14.8. The van der Waals surface area contributed by atoms with Crippen LogP contribution in [0.25, 0.3) is 20.8 Å². The maximum Gasteiger partial charge on any atom is 0.124 e. The molecule has 0 bridgehead atoms. The number of phenolic OH excluding ortho intramolecular Hbond substituents is 1. The first-order valence-corrected chi connectivity index (χ1v) is 8.79. The van der Waals surface area contributed by atoms with E-state index in [2.05, 4.69) is 15.2 Å². The molecule has 0 spiro atoms. The van der Waals surface area contributed by atoms with Crippen molar-refractivity contribution in [3.05, 3.63) is 66.7 Å². The molecule has 0 aliphatic carbocycles. The van der Waals surface area contributed by atoms with Gasteiger partial charge in [-0.25, -0.2) is 4.98 Å². The van der Waals surface area contributed by atoms with Crippen LogP contribution in [0.3, 0.4) is 0 Å². The molecule has 0 amide bonds. The molecule has 5 nitrogen and oxygen atoms in total. The standard InChI is InChI=1S/C20H15N3O2S/c1-25-17-10-11-18-19(12-17)26-20(21-18)13-2-4-14(5-3-13)22-23-15-6-8-16(24)9-7-15/h2-12,24H,1H3. The highest BCUT2D eigenvalue weighted by atomic mass is 32.1. The highest BCUT2D eigenvalue weighted by Crippen LogP contribution is 2.33. The summed E-state index contributed by atoms with van der Waals surface area (Å²) in [6.07, 6.45) is 0. The number of rotatable bonds is 4. The van der Waals surface area contributed by atoms with Crippen LogP contribution in [0.1, 0.15) is 0 Å². The number of aromatic nitrogens is 1. The Morgan fingerprint density at radius 1 is 0.885 bits per heavy atom. The van der Waals surface area contributed by atoms with Gasteiger partial charge in [-0.3, -0.25) is 0 Å². The normalized spacial score (nSPS) is 11.3. The van der Waals surface area contributed by atoms with Crippen molar-refractivity contribution in [2.24, 2.45) is 10.2 Å². The molecule has 6 heteroatoms. The summed E-state index contributed by atoms with van der Waals surface area (Å²) >= 11 is 1.63. The summed E-state index contributed by atoms with van der Waals surface area (Å²) in [7, 11) is 1.66. The summed E-state index contributed by atoms with van der Waals surface area (Å²) in [5.41, 5.74) is 3.44. The van der Waals surface area contributed by atoms with Crippen LogP contribution < -0.4 is 4.74 Å². The fourth-order valence-electron chi connectivity index (χ4n) is 2.46. The molecule has 128 valence electrons. The minimum Gasteiger partial charge on any atom is -0.508 e. The van der Waals surface area contributed by atoms with Crippen molar-refractivity contribution >= 4 is 32.9 Å². The molecule has 4 aromatic rings. The van der Waals surface area contributed by atoms with E-state index < -0.39 is 0 Å². The van der Waals surface area contributed by atoms with Gasteiger partial charge >= 0.3 is 0 Å². The van der Waals surface area contributed by atoms with Crippen molar-refractivity contribution < 1.29 is 9.84 Å². The van der Waals surface area contributed by atoms with Gasteiger partial charge in [-0.05, 0) is 66.7 Å². The molecular formula is C20H15N3O2S. The largest absolute Gasteiger partial charge is 0.508 e. The molecule has 1 aromatic heterocycles. The van der Waals surface area contributed by atoms with Crippen LogP contribution in [-0.2, 0) is 0 Å². The molecule has 4 rings (SSSR count). The Morgan fingerprint density at radius 2 is 1.54 bits per heavy atom. The molecule has 0 aliphatic rings. The number of thiazole rings is 1. The molecule has 1 N–H and O–H groups in total. The number of hydrogen-bond acceptors (Lipinski definition) is 6. The SMILES string of the molecule is COc1ccc2nc(-c3ccc(N=Nc4ccc(O)cc4)cc3)sc2c1. The van der Waals surface area contributed by atoms with E-state index in [1.54, 1.807) is 42.7 Å². The molecule has 0 aliphatic heterocycles. The van der Waals surface area contributed by atoms with Gasteiger partial charge in [0.25, 0.3) is 0 Å². The lowest BCUT2D eigenvalue weighted by atomic mass is 10.2. The van der Waals surface area contributed by atoms with Gasteiger partial charge in [0.05, 0.1) is 28.7 Å². The second kappa shape index (κ2) is 6.93. The Hall–Kier alpha value is -3.25. The summed E-state index contributed by atoms with van der Waals surface area (Å²) < 4.78 is 6.36. The predicted molar refractivity (Wildman–Crippen MR) is 104 cm³/mol. The van der Waals surface area contributed by atoms with Gasteiger partial charge in [0.2, 0.25) is 0 Å². The van der Waals surface area contributed by atoms with Crippen LogP contribution in [0.15, 0.2) is 77.0 Å². The molecule has 26 heavy (non-hydrogen) atoms. The van der Waals surface area contributed by atoms with Gasteiger partial charge in [0, 0.05) is 5.56 Å². The second-order valence-corrected chi connectivity index (χ2v) is 6.65. The highest BCUT2D eigenvalue weighted by molar-refractivity contribution is 7.21. The van der Waals surface area contributed by atoms with Gasteiger partial charge in [0.1, 0.15) is 16.5 Å². The van der Waals surface area contributed by atoms with Crippen LogP contribution >= 0.6 is 11.3 Å². The molecule has 0 fully saturated rings. The third-order valence-electron chi connectivity index (χ3n) is 3.84. The lowest BCUT2D eigenvalue weighted by molar-refractivity contribution is 0.415. The van der Waals surface area contributed by atoms with Crippen molar-refractivity contribution in [2.75, 3.05) is 7.11 Å². The van der Waals surface area contributed by atoms with Crippen LogP contribution in [0, 0.1) is 0 Å². The van der Waals surface area contributed by atoms with Crippen molar-refractivity contribution in [3.8, 4) is 22.1 Å². The maximum atomic E-state index is 9.28. The molecular weight excluding hydrogens is 346 g/mol. The predicted octanol–water partition coefficient (Wildman–Crippen LogP) is 6.09. The van der Waals surface area contributed by atoms with Crippen molar-refractivity contribution in [1.82, 2.24) is 4.98 Å². The van der Waals surface area contributed by atoms with Gasteiger partial charge in [-0.1, -0.05) is 0 Å². The zero-order chi connectivity index (χ0) is 17.9. The van der Waals surface area contributed by atoms with Crippen molar-refractivity contribution in [1.29, 1.82) is 0 Å². The molecule has 0 radical (unpaired) electrons. The van der Waals surface area contributed by atoms with E-state index in [1.807, 2.05) is 42.5 Å². The van der Waals surface area contributed by atoms with Gasteiger partial charge < -0.3 is 9.84 Å². The van der Waals surface area contributed by atoms with E-state index >= 15 is 0 Å². The van der Waals surface area contributed by atoms with Gasteiger partial charge in [0.15, 0.2) is 0 Å². The summed E-state index contributed by atoms with van der Waals surface area (Å²) in [6.45, 7) is 0. The fourth-order valence-corrected chi connectivity index (χ4v) is 3.46. The number of hydrogen-bond donors (Lipinski definition) is 1. The van der Waals surface area contributed by atoms with E-state index in [4.69, 9.17) is 4.74 Å². The third-order valence-corrected chi connectivity index (χ3v) is 4.91. The number of fused-ring (bicyclic) bond motifs is 1. The highest BCUT2D eigenvalue weighted by Gasteiger charge is 2.07. The summed E-state index contributed by atoms with van der Waals surface area (Å²) in [4.78, 5) is 4.68. The lowest BCUT2D eigenvalue weighted by Crippen LogP contribution is -1.80. The number of aromatic hydroxyl groups is 1. The molecule has 3 aromatic carbocycles. The fraction of sp³-hybridized carbons (Fsp3) is 0.0500. The Labute approximate surface area is 154 Å². The Morgan fingerprint density at radius 3 is 2.19 bits per heavy atom. The van der Waals surface area contributed by atoms with Crippen LogP contribution in [-0.4, -0.2) is 17.2 Å². The second-order valence-electron chi connectivity index (χ2n) is 5.62. The minimum absolute atomic E-state index is 0.210. The first-order valence-electron chi connectivity index (χ1n) is 7.97. The monoisotopic (exact) mass is 361 g/mol. The number of benzene rings is 3. The average molecular weight is 361 g/mol. The summed E-state index contributed by atoms with van der Waals surface area (Å²) in [5.74, 6) is 1.04. The van der Waals surface area contributed by atoms with E-state index in [0.29, 0.717) is 5.69 Å². The van der Waals surface area contributed by atoms with E-state index in [-0.39, 0.29) is 5.75 Å². The van der Waals surface area contributed by atoms with E-state index in [9.17, 15) is 5.11 Å². The summed E-state index contributed by atoms with van der Waals surface area (Å²) in [5, 5.41) is 18.6. The molecule has 0 unspecified atom stereocenters. The molecule has 0 atom stereocenters. The molecule has 1 heterocycles. The summed E-state index contributed by atoms with van der Waals surface area (Å²) in [6, 6.07) is 20.3. The van der Waals surface area contributed by atoms with Crippen molar-refractivity contribution in [3.63, 3.8) is 0 Å². The van der Waals surface area contributed by atoms with E-state index in [0.717, 1.165) is 32.2 Å². The Balaban J connectivity index is 1.56. The van der Waals surface area contributed by atoms with Crippen LogP contribution in [0.5, 0.6) is 11.5 Å². The molecule has 0 saturated carbocycles. The van der Waals surface area contributed by atoms with Crippen LogP contribution in [0.4, 0.5) is 11.4 Å². The maximum absolute atomic E-state index is 9.28. The van der Waals surface area contributed by atoms with Crippen LogP contribution in [0.2, 0.25) is 0 Å². The number of nitrogens with zero attached hydrogens (tertiary/aromatic N) is 3. The molecule has 0 saturated heterocycles. The minimum atomic E-state index is 0.210. The number of phenols is 1. The first kappa shape index (κ1) is 16.2.